The summed E-state index contributed by atoms with van der Waals surface area (Å²) in [5.74, 6) is -0.479. The van der Waals surface area contributed by atoms with Gasteiger partial charge >= 0.3 is 5.97 Å². The van der Waals surface area contributed by atoms with Gasteiger partial charge in [-0.3, -0.25) is 14.9 Å². The van der Waals surface area contributed by atoms with Gasteiger partial charge in [-0.2, -0.15) is 0 Å². The molecule has 10 nitrogen and oxygen atoms in total. The lowest BCUT2D eigenvalue weighted by atomic mass is 10.2. The molecule has 0 aliphatic heterocycles. The van der Waals surface area contributed by atoms with E-state index in [9.17, 15) is 19.7 Å². The Morgan fingerprint density at radius 3 is 2.45 bits per heavy atom. The van der Waals surface area contributed by atoms with E-state index in [2.05, 4.69) is 21.2 Å². The third-order valence-electron chi connectivity index (χ3n) is 4.05. The number of nitro benzene ring substituents is 1. The number of anilines is 1. The van der Waals surface area contributed by atoms with E-state index in [0.29, 0.717) is 22.6 Å². The molecule has 0 saturated carbocycles. The molecular formula is C20H21BrN2O8. The average molecular weight is 497 g/mol. The molecule has 1 atom stereocenters. The SMILES string of the molecule is CCOc1cc(C(=O)OC(C)C(=O)Nc2cc([N+](=O)[O-])ccc2OC)cc(Br)c1OC. The molecule has 166 valence electrons. The van der Waals surface area contributed by atoms with Gasteiger partial charge in [0.1, 0.15) is 5.75 Å². The summed E-state index contributed by atoms with van der Waals surface area (Å²) in [6, 6.07) is 6.69. The van der Waals surface area contributed by atoms with Crippen LogP contribution in [0.2, 0.25) is 0 Å². The largest absolute Gasteiger partial charge is 0.495 e. The van der Waals surface area contributed by atoms with Crippen LogP contribution in [-0.4, -0.2) is 43.7 Å². The molecule has 2 aromatic rings. The number of esters is 1. The molecule has 11 heteroatoms. The number of benzene rings is 2. The predicted octanol–water partition coefficient (Wildman–Crippen LogP) is 3.96. The number of rotatable bonds is 9. The first kappa shape index (κ1) is 23.9. The number of hydrogen-bond donors (Lipinski definition) is 1. The van der Waals surface area contributed by atoms with Gasteiger partial charge in [-0.05, 0) is 48.0 Å². The van der Waals surface area contributed by atoms with Crippen LogP contribution >= 0.6 is 15.9 Å². The minimum absolute atomic E-state index is 0.0791. The smallest absolute Gasteiger partial charge is 0.339 e. The fourth-order valence-corrected chi connectivity index (χ4v) is 3.17. The lowest BCUT2D eigenvalue weighted by molar-refractivity contribution is -0.384. The standard InChI is InChI=1S/C20H21BrN2O8/c1-5-30-17-9-12(8-14(21)18(17)29-4)20(25)31-11(2)19(24)22-15-10-13(23(26)27)6-7-16(15)28-3/h6-11H,5H2,1-4H3,(H,22,24). The van der Waals surface area contributed by atoms with Crippen LogP contribution in [0.5, 0.6) is 17.2 Å². The van der Waals surface area contributed by atoms with E-state index in [4.69, 9.17) is 18.9 Å². The van der Waals surface area contributed by atoms with E-state index in [1.54, 1.807) is 6.92 Å². The summed E-state index contributed by atoms with van der Waals surface area (Å²) in [6.07, 6.45) is -1.20. The second-order valence-corrected chi connectivity index (χ2v) is 6.96. The number of nitro groups is 1. The Labute approximate surface area is 186 Å². The van der Waals surface area contributed by atoms with Crippen molar-refractivity contribution in [3.63, 3.8) is 0 Å². The molecule has 0 aliphatic rings. The summed E-state index contributed by atoms with van der Waals surface area (Å²) < 4.78 is 21.6. The highest BCUT2D eigenvalue weighted by atomic mass is 79.9. The highest BCUT2D eigenvalue weighted by Gasteiger charge is 2.23. The number of carbonyl (C=O) groups is 2. The fraction of sp³-hybridized carbons (Fsp3) is 0.300. The Morgan fingerprint density at radius 1 is 1.16 bits per heavy atom. The van der Waals surface area contributed by atoms with Gasteiger partial charge in [0.2, 0.25) is 0 Å². The van der Waals surface area contributed by atoms with Crippen LogP contribution in [0.1, 0.15) is 24.2 Å². The Hall–Kier alpha value is -3.34. The van der Waals surface area contributed by atoms with Crippen molar-refractivity contribution in [1.82, 2.24) is 0 Å². The van der Waals surface area contributed by atoms with Crippen LogP contribution in [0, 0.1) is 10.1 Å². The van der Waals surface area contributed by atoms with E-state index in [1.165, 1.54) is 45.4 Å². The first-order chi connectivity index (χ1) is 14.7. The summed E-state index contributed by atoms with van der Waals surface area (Å²) in [5.41, 5.74) is -0.00795. The van der Waals surface area contributed by atoms with Crippen molar-refractivity contribution < 1.29 is 33.5 Å². The van der Waals surface area contributed by atoms with Crippen LogP contribution in [0.15, 0.2) is 34.8 Å². The van der Waals surface area contributed by atoms with Gasteiger partial charge in [0.05, 0.1) is 41.5 Å². The quantitative estimate of drug-likeness (QED) is 0.314. The van der Waals surface area contributed by atoms with Crippen molar-refractivity contribution in [2.45, 2.75) is 20.0 Å². The Bertz CT molecular complexity index is 995. The zero-order valence-electron chi connectivity index (χ0n) is 17.3. The van der Waals surface area contributed by atoms with Crippen LogP contribution in [0.3, 0.4) is 0 Å². The first-order valence-corrected chi connectivity index (χ1v) is 9.85. The number of hydrogen-bond acceptors (Lipinski definition) is 8. The number of halogens is 1. The van der Waals surface area contributed by atoms with Crippen LogP contribution in [0.4, 0.5) is 11.4 Å². The van der Waals surface area contributed by atoms with Crippen LogP contribution in [0.25, 0.3) is 0 Å². The van der Waals surface area contributed by atoms with Crippen molar-refractivity contribution in [3.8, 4) is 17.2 Å². The van der Waals surface area contributed by atoms with Crippen molar-refractivity contribution in [1.29, 1.82) is 0 Å². The minimum atomic E-state index is -1.20. The Balaban J connectivity index is 2.17. The van der Waals surface area contributed by atoms with Crippen molar-refractivity contribution in [3.05, 3.63) is 50.5 Å². The fourth-order valence-electron chi connectivity index (χ4n) is 2.57. The maximum atomic E-state index is 12.6. The first-order valence-electron chi connectivity index (χ1n) is 9.06. The zero-order valence-corrected chi connectivity index (χ0v) is 18.8. The zero-order chi connectivity index (χ0) is 23.1. The van der Waals surface area contributed by atoms with Gasteiger partial charge in [-0.25, -0.2) is 4.79 Å². The normalized spacial score (nSPS) is 11.3. The van der Waals surface area contributed by atoms with Crippen molar-refractivity contribution >= 4 is 39.2 Å². The van der Waals surface area contributed by atoms with Gasteiger partial charge in [-0.15, -0.1) is 0 Å². The number of amides is 1. The summed E-state index contributed by atoms with van der Waals surface area (Å²) >= 11 is 3.31. The Morgan fingerprint density at radius 2 is 1.87 bits per heavy atom. The third kappa shape index (κ3) is 5.85. The minimum Gasteiger partial charge on any atom is -0.495 e. The van der Waals surface area contributed by atoms with E-state index < -0.39 is 22.9 Å². The molecule has 0 aromatic heterocycles. The molecule has 1 unspecified atom stereocenters. The molecular weight excluding hydrogens is 476 g/mol. The van der Waals surface area contributed by atoms with E-state index in [-0.39, 0.29) is 22.7 Å². The lowest BCUT2D eigenvalue weighted by Crippen LogP contribution is -2.30. The van der Waals surface area contributed by atoms with E-state index >= 15 is 0 Å². The monoisotopic (exact) mass is 496 g/mol. The molecule has 2 rings (SSSR count). The number of ether oxygens (including phenoxy) is 4. The number of non-ortho nitro benzene ring substituents is 1. The number of nitrogens with one attached hydrogen (secondary N) is 1. The summed E-state index contributed by atoms with van der Waals surface area (Å²) in [7, 11) is 2.83. The van der Waals surface area contributed by atoms with Gasteiger partial charge in [0.25, 0.3) is 11.6 Å². The molecule has 0 bridgehead atoms. The van der Waals surface area contributed by atoms with Gasteiger partial charge in [0, 0.05) is 12.1 Å². The van der Waals surface area contributed by atoms with Crippen molar-refractivity contribution in [2.24, 2.45) is 0 Å². The summed E-state index contributed by atoms with van der Waals surface area (Å²) in [4.78, 5) is 35.4. The van der Waals surface area contributed by atoms with Gasteiger partial charge < -0.3 is 24.3 Å². The molecule has 31 heavy (non-hydrogen) atoms. The molecule has 0 radical (unpaired) electrons. The number of nitrogens with zero attached hydrogens (tertiary/aromatic N) is 1. The second kappa shape index (κ2) is 10.6. The second-order valence-electron chi connectivity index (χ2n) is 6.10. The molecule has 0 spiro atoms. The molecule has 1 N–H and O–H groups in total. The highest BCUT2D eigenvalue weighted by Crippen LogP contribution is 2.37. The maximum absolute atomic E-state index is 12.6. The number of methoxy groups -OCH3 is 2. The molecule has 0 fully saturated rings. The van der Waals surface area contributed by atoms with Crippen LogP contribution < -0.4 is 19.5 Å². The molecule has 1 amide bonds. The van der Waals surface area contributed by atoms with Gasteiger partial charge in [0.15, 0.2) is 17.6 Å². The Kier molecular flexibility index (Phi) is 8.20. The van der Waals surface area contributed by atoms with Gasteiger partial charge in [-0.1, -0.05) is 0 Å². The highest BCUT2D eigenvalue weighted by molar-refractivity contribution is 9.10. The summed E-state index contributed by atoms with van der Waals surface area (Å²) in [5, 5.41) is 13.5. The molecule has 0 saturated heterocycles. The predicted molar refractivity (Wildman–Crippen MR) is 115 cm³/mol. The molecule has 2 aromatic carbocycles. The van der Waals surface area contributed by atoms with E-state index in [0.717, 1.165) is 6.07 Å². The van der Waals surface area contributed by atoms with Crippen LogP contribution in [-0.2, 0) is 9.53 Å². The van der Waals surface area contributed by atoms with Crippen molar-refractivity contribution in [2.75, 3.05) is 26.1 Å². The maximum Gasteiger partial charge on any atom is 0.339 e. The third-order valence-corrected chi connectivity index (χ3v) is 4.64. The summed E-state index contributed by atoms with van der Waals surface area (Å²) in [6.45, 7) is 3.51. The topological polar surface area (TPSA) is 126 Å². The number of carbonyl (C=O) groups excluding carboxylic acids is 2. The molecule has 0 aliphatic carbocycles. The van der Waals surface area contributed by atoms with E-state index in [1.807, 2.05) is 0 Å². The molecule has 0 heterocycles. The lowest BCUT2D eigenvalue weighted by Gasteiger charge is -2.16. The average Bonchev–Trinajstić information content (AvgIpc) is 2.73.